The summed E-state index contributed by atoms with van der Waals surface area (Å²) < 4.78 is 5.50. The first-order valence-electron chi connectivity index (χ1n) is 8.59. The van der Waals surface area contributed by atoms with Crippen molar-refractivity contribution >= 4 is 36.2 Å². The van der Waals surface area contributed by atoms with Crippen molar-refractivity contribution in [2.75, 3.05) is 36.4 Å². The van der Waals surface area contributed by atoms with E-state index in [1.165, 1.54) is 0 Å². The summed E-state index contributed by atoms with van der Waals surface area (Å²) in [5.74, 6) is 0.0226. The minimum atomic E-state index is -0.362. The molecule has 7 nitrogen and oxygen atoms in total. The fourth-order valence-corrected chi connectivity index (χ4v) is 3.00. The first-order chi connectivity index (χ1) is 12.7. The van der Waals surface area contributed by atoms with Gasteiger partial charge in [0.05, 0.1) is 5.69 Å². The molecule has 0 radical (unpaired) electrons. The lowest BCUT2D eigenvalue weighted by atomic mass is 10.2. The number of aromatic nitrogens is 1. The van der Waals surface area contributed by atoms with Crippen molar-refractivity contribution in [2.45, 2.75) is 13.0 Å². The predicted molar refractivity (Wildman–Crippen MR) is 106 cm³/mol. The lowest BCUT2D eigenvalue weighted by molar-refractivity contribution is -0.140. The second kappa shape index (κ2) is 9.89. The summed E-state index contributed by atoms with van der Waals surface area (Å²) in [6.45, 7) is 5.07. The first kappa shape index (κ1) is 20.7. The van der Waals surface area contributed by atoms with E-state index in [1.807, 2.05) is 19.1 Å². The highest BCUT2D eigenvalue weighted by atomic mass is 35.5. The van der Waals surface area contributed by atoms with E-state index < -0.39 is 0 Å². The Balaban J connectivity index is 0.00000261. The molecule has 144 valence electrons. The molecule has 27 heavy (non-hydrogen) atoms. The first-order valence-corrected chi connectivity index (χ1v) is 8.59. The highest BCUT2D eigenvalue weighted by Crippen LogP contribution is 2.24. The minimum absolute atomic E-state index is 0. The number of carbonyl (C=O) groups is 2. The maximum absolute atomic E-state index is 12.5. The van der Waals surface area contributed by atoms with Crippen LogP contribution in [-0.4, -0.2) is 54.5 Å². The number of amides is 1. The summed E-state index contributed by atoms with van der Waals surface area (Å²) in [5.41, 5.74) is 1.62. The number of hydrogen-bond donors (Lipinski definition) is 1. The summed E-state index contributed by atoms with van der Waals surface area (Å²) in [4.78, 5) is 31.6. The average Bonchev–Trinajstić information content (AvgIpc) is 2.70. The highest BCUT2D eigenvalue weighted by Gasteiger charge is 2.27. The van der Waals surface area contributed by atoms with E-state index in [0.717, 1.165) is 31.9 Å². The van der Waals surface area contributed by atoms with Gasteiger partial charge in [-0.2, -0.15) is 0 Å². The van der Waals surface area contributed by atoms with Crippen LogP contribution in [0.4, 0.5) is 11.4 Å². The quantitative estimate of drug-likeness (QED) is 0.463. The Morgan fingerprint density at radius 2 is 1.81 bits per heavy atom. The van der Waals surface area contributed by atoms with Crippen LogP contribution in [0.3, 0.4) is 0 Å². The molecule has 1 N–H and O–H groups in total. The smallest absolute Gasteiger partial charge is 0.328 e. The third kappa shape index (κ3) is 5.18. The highest BCUT2D eigenvalue weighted by molar-refractivity contribution is 5.85. The molecular formula is C19H23ClN4O3. The van der Waals surface area contributed by atoms with Crippen molar-refractivity contribution < 1.29 is 14.3 Å². The Hall–Kier alpha value is -2.64. The molecule has 8 heteroatoms. The molecule has 1 amide bonds. The van der Waals surface area contributed by atoms with Crippen LogP contribution in [0.25, 0.3) is 0 Å². The molecule has 1 aromatic heterocycles. The van der Waals surface area contributed by atoms with Crippen LogP contribution in [-0.2, 0) is 9.59 Å². The zero-order valence-corrected chi connectivity index (χ0v) is 15.9. The summed E-state index contributed by atoms with van der Waals surface area (Å²) in [5, 5.41) is 2.54. The van der Waals surface area contributed by atoms with Crippen molar-refractivity contribution in [1.29, 1.82) is 0 Å². The molecule has 0 aliphatic carbocycles. The molecule has 2 heterocycles. The Labute approximate surface area is 164 Å². The fraction of sp³-hybridized carbons (Fsp3) is 0.316. The van der Waals surface area contributed by atoms with Crippen molar-refractivity contribution in [2.24, 2.45) is 0 Å². The summed E-state index contributed by atoms with van der Waals surface area (Å²) in [7, 11) is 0. The summed E-state index contributed by atoms with van der Waals surface area (Å²) >= 11 is 0. The van der Waals surface area contributed by atoms with E-state index in [9.17, 15) is 9.59 Å². The molecule has 2 aromatic rings. The molecule has 1 aliphatic rings. The van der Waals surface area contributed by atoms with Gasteiger partial charge in [0.2, 0.25) is 6.41 Å². The molecule has 1 saturated heterocycles. The van der Waals surface area contributed by atoms with E-state index in [4.69, 9.17) is 4.74 Å². The molecule has 0 saturated carbocycles. The van der Waals surface area contributed by atoms with Crippen molar-refractivity contribution in [3.05, 3.63) is 48.8 Å². The largest absolute Gasteiger partial charge is 0.423 e. The van der Waals surface area contributed by atoms with Gasteiger partial charge in [0.25, 0.3) is 0 Å². The SMILES string of the molecule is CC(C(=O)Oc1ccccc1NC=O)N1CCN(c2ccncc2)CC1.Cl. The number of piperazine rings is 1. The molecule has 0 bridgehead atoms. The predicted octanol–water partition coefficient (Wildman–Crippen LogP) is 2.19. The van der Waals surface area contributed by atoms with Crippen molar-refractivity contribution in [3.8, 4) is 5.75 Å². The normalized spacial score (nSPS) is 15.4. The summed E-state index contributed by atoms with van der Waals surface area (Å²) in [6, 6.07) is 10.5. The maximum atomic E-state index is 12.5. The van der Waals surface area contributed by atoms with E-state index in [-0.39, 0.29) is 24.4 Å². The van der Waals surface area contributed by atoms with Gasteiger partial charge in [-0.05, 0) is 31.2 Å². The summed E-state index contributed by atoms with van der Waals surface area (Å²) in [6.07, 6.45) is 4.13. The Morgan fingerprint density at radius 3 is 2.48 bits per heavy atom. The van der Waals surface area contributed by atoms with Crippen LogP contribution >= 0.6 is 12.4 Å². The number of benzene rings is 1. The molecule has 1 aliphatic heterocycles. The van der Waals surface area contributed by atoms with Gasteiger partial charge < -0.3 is 15.0 Å². The number of pyridine rings is 1. The number of rotatable bonds is 6. The number of para-hydroxylation sites is 2. The molecule has 1 aromatic carbocycles. The third-order valence-corrected chi connectivity index (χ3v) is 4.54. The number of esters is 1. The van der Waals surface area contributed by atoms with Crippen LogP contribution in [0.5, 0.6) is 5.75 Å². The number of ether oxygens (including phenoxy) is 1. The van der Waals surface area contributed by atoms with E-state index in [2.05, 4.69) is 20.1 Å². The number of nitrogens with zero attached hydrogens (tertiary/aromatic N) is 3. The average molecular weight is 391 g/mol. The van der Waals surface area contributed by atoms with Crippen molar-refractivity contribution in [1.82, 2.24) is 9.88 Å². The zero-order chi connectivity index (χ0) is 18.4. The molecular weight excluding hydrogens is 368 g/mol. The minimum Gasteiger partial charge on any atom is -0.423 e. The molecule has 1 fully saturated rings. The van der Waals surface area contributed by atoms with Crippen LogP contribution in [0.15, 0.2) is 48.8 Å². The second-order valence-electron chi connectivity index (χ2n) is 6.08. The lowest BCUT2D eigenvalue weighted by Gasteiger charge is -2.38. The van der Waals surface area contributed by atoms with Crippen LogP contribution in [0, 0.1) is 0 Å². The van der Waals surface area contributed by atoms with Gasteiger partial charge in [0.15, 0.2) is 5.75 Å². The molecule has 1 unspecified atom stereocenters. The van der Waals surface area contributed by atoms with Gasteiger partial charge in [0.1, 0.15) is 6.04 Å². The van der Waals surface area contributed by atoms with Gasteiger partial charge >= 0.3 is 5.97 Å². The second-order valence-corrected chi connectivity index (χ2v) is 6.08. The monoisotopic (exact) mass is 390 g/mol. The maximum Gasteiger partial charge on any atom is 0.328 e. The molecule has 0 spiro atoms. The van der Waals surface area contributed by atoms with Gasteiger partial charge in [-0.3, -0.25) is 14.7 Å². The van der Waals surface area contributed by atoms with Crippen LogP contribution in [0.1, 0.15) is 6.92 Å². The number of halogens is 1. The standard InChI is InChI=1S/C19H22N4O3.ClH/c1-15(19(25)26-18-5-3-2-4-17(18)21-14-24)22-10-12-23(13-11-22)16-6-8-20-9-7-16;/h2-9,14-15H,10-13H2,1H3,(H,21,24);1H. The van der Waals surface area contributed by atoms with Crippen LogP contribution in [0.2, 0.25) is 0 Å². The number of nitrogens with one attached hydrogen (secondary N) is 1. The van der Waals surface area contributed by atoms with E-state index in [1.54, 1.807) is 36.7 Å². The molecule has 1 atom stereocenters. The Kier molecular flexibility index (Phi) is 7.57. The van der Waals surface area contributed by atoms with Gasteiger partial charge in [0, 0.05) is 44.3 Å². The number of carbonyl (C=O) groups excluding carboxylic acids is 2. The van der Waals surface area contributed by atoms with E-state index >= 15 is 0 Å². The van der Waals surface area contributed by atoms with E-state index in [0.29, 0.717) is 17.8 Å². The number of hydrogen-bond acceptors (Lipinski definition) is 6. The topological polar surface area (TPSA) is 74.8 Å². The third-order valence-electron chi connectivity index (χ3n) is 4.54. The van der Waals surface area contributed by atoms with Crippen molar-refractivity contribution in [3.63, 3.8) is 0 Å². The van der Waals surface area contributed by atoms with Gasteiger partial charge in [-0.25, -0.2) is 4.79 Å². The van der Waals surface area contributed by atoms with Gasteiger partial charge in [-0.1, -0.05) is 12.1 Å². The van der Waals surface area contributed by atoms with Gasteiger partial charge in [-0.15, -0.1) is 12.4 Å². The lowest BCUT2D eigenvalue weighted by Crippen LogP contribution is -2.52. The fourth-order valence-electron chi connectivity index (χ4n) is 3.00. The number of anilines is 2. The molecule has 3 rings (SSSR count). The van der Waals surface area contributed by atoms with Crippen LogP contribution < -0.4 is 15.0 Å². The zero-order valence-electron chi connectivity index (χ0n) is 15.1. The Morgan fingerprint density at radius 1 is 1.15 bits per heavy atom. The Bertz CT molecular complexity index is 752.